The first-order valence-corrected chi connectivity index (χ1v) is 6.72. The number of aliphatic carboxylic acids is 1. The van der Waals surface area contributed by atoms with Gasteiger partial charge in [-0.2, -0.15) is 0 Å². The Bertz CT molecular complexity index is 552. The van der Waals surface area contributed by atoms with Crippen LogP contribution >= 0.6 is 0 Å². The summed E-state index contributed by atoms with van der Waals surface area (Å²) in [5.74, 6) is -1.29. The monoisotopic (exact) mass is 276 g/mol. The second-order valence-corrected chi connectivity index (χ2v) is 5.63. The van der Waals surface area contributed by atoms with Gasteiger partial charge >= 0.3 is 5.97 Å². The second-order valence-electron chi connectivity index (χ2n) is 5.63. The van der Waals surface area contributed by atoms with E-state index in [0.29, 0.717) is 5.56 Å². The quantitative estimate of drug-likeness (QED) is 0.885. The average molecular weight is 276 g/mol. The van der Waals surface area contributed by atoms with Crippen molar-refractivity contribution in [2.75, 3.05) is 18.9 Å². The normalized spacial score (nSPS) is 14.2. The van der Waals surface area contributed by atoms with Crippen molar-refractivity contribution in [3.05, 3.63) is 29.3 Å². The topological polar surface area (TPSA) is 69.6 Å². The summed E-state index contributed by atoms with van der Waals surface area (Å²) in [6.45, 7) is 3.99. The van der Waals surface area contributed by atoms with Crippen LogP contribution in [-0.2, 0) is 11.2 Å². The molecule has 0 aromatic heterocycles. The van der Waals surface area contributed by atoms with Crippen LogP contribution in [0.15, 0.2) is 18.2 Å². The minimum absolute atomic E-state index is 0.272. The Kier molecular flexibility index (Phi) is 3.70. The largest absolute Gasteiger partial charge is 0.480 e. The highest BCUT2D eigenvalue weighted by molar-refractivity contribution is 5.98. The first kappa shape index (κ1) is 14.4. The lowest BCUT2D eigenvalue weighted by molar-refractivity contribution is -0.147. The zero-order valence-electron chi connectivity index (χ0n) is 12.1. The molecule has 108 valence electrons. The van der Waals surface area contributed by atoms with Crippen LogP contribution < -0.4 is 5.32 Å². The number of carboxylic acid groups (broad SMARTS) is 1. The molecule has 0 spiro atoms. The molecule has 1 aliphatic rings. The lowest BCUT2D eigenvalue weighted by atomic mass is 9.98. The van der Waals surface area contributed by atoms with Crippen molar-refractivity contribution >= 4 is 17.6 Å². The number of nitrogens with one attached hydrogen (secondary N) is 1. The van der Waals surface area contributed by atoms with E-state index in [1.807, 2.05) is 12.1 Å². The molecule has 0 unspecified atom stereocenters. The van der Waals surface area contributed by atoms with Crippen molar-refractivity contribution in [1.82, 2.24) is 4.90 Å². The van der Waals surface area contributed by atoms with Crippen LogP contribution in [0.3, 0.4) is 0 Å². The number of aryl methyl sites for hydroxylation is 1. The zero-order valence-corrected chi connectivity index (χ0v) is 12.1. The third-order valence-electron chi connectivity index (χ3n) is 3.96. The lowest BCUT2D eigenvalue weighted by Crippen LogP contribution is -2.50. The van der Waals surface area contributed by atoms with Gasteiger partial charge in [0.15, 0.2) is 0 Å². The van der Waals surface area contributed by atoms with Crippen LogP contribution in [0.5, 0.6) is 0 Å². The highest BCUT2D eigenvalue weighted by Gasteiger charge is 2.35. The maximum absolute atomic E-state index is 12.4. The minimum Gasteiger partial charge on any atom is -0.480 e. The van der Waals surface area contributed by atoms with E-state index in [-0.39, 0.29) is 5.91 Å². The number of anilines is 1. The van der Waals surface area contributed by atoms with E-state index < -0.39 is 11.5 Å². The molecule has 0 saturated carbocycles. The molecule has 0 aliphatic carbocycles. The van der Waals surface area contributed by atoms with Crippen LogP contribution in [0.1, 0.15) is 36.2 Å². The Morgan fingerprint density at radius 2 is 2.05 bits per heavy atom. The van der Waals surface area contributed by atoms with Crippen LogP contribution in [0, 0.1) is 0 Å². The number of benzene rings is 1. The molecule has 5 nitrogen and oxygen atoms in total. The summed E-state index contributed by atoms with van der Waals surface area (Å²) in [5.41, 5.74) is 1.48. The Balaban J connectivity index is 2.27. The molecule has 5 heteroatoms. The van der Waals surface area contributed by atoms with Gasteiger partial charge in [-0.3, -0.25) is 4.79 Å². The predicted octanol–water partition coefficient (Wildman–Crippen LogP) is 1.98. The summed E-state index contributed by atoms with van der Waals surface area (Å²) in [6.07, 6.45) is 1.98. The summed E-state index contributed by atoms with van der Waals surface area (Å²) in [7, 11) is 1.52. The summed E-state index contributed by atoms with van der Waals surface area (Å²) < 4.78 is 0. The number of carbonyl (C=O) groups is 2. The number of carbonyl (C=O) groups excluding carboxylic acids is 1. The van der Waals surface area contributed by atoms with Crippen molar-refractivity contribution in [1.29, 1.82) is 0 Å². The van der Waals surface area contributed by atoms with E-state index in [1.165, 1.54) is 25.8 Å². The fourth-order valence-electron chi connectivity index (χ4n) is 2.20. The third-order valence-corrected chi connectivity index (χ3v) is 3.96. The van der Waals surface area contributed by atoms with Gasteiger partial charge in [0.1, 0.15) is 5.54 Å². The second kappa shape index (κ2) is 5.15. The molecular weight excluding hydrogens is 256 g/mol. The zero-order chi connectivity index (χ0) is 14.9. The van der Waals surface area contributed by atoms with E-state index in [0.717, 1.165) is 30.6 Å². The Morgan fingerprint density at radius 1 is 1.35 bits per heavy atom. The molecule has 0 radical (unpaired) electrons. The standard InChI is InChI=1S/C15H20N2O3/c1-15(2,14(19)20)17(3)13(18)11-6-7-12-10(9-11)5-4-8-16-12/h6-7,9,16H,4-5,8H2,1-3H3,(H,19,20). The van der Waals surface area contributed by atoms with E-state index in [4.69, 9.17) is 0 Å². The molecule has 1 heterocycles. The molecule has 2 rings (SSSR count). The Hall–Kier alpha value is -2.04. The van der Waals surface area contributed by atoms with E-state index >= 15 is 0 Å². The van der Waals surface area contributed by atoms with Gasteiger partial charge in [-0.15, -0.1) is 0 Å². The number of likely N-dealkylation sites (N-methyl/N-ethyl adjacent to an activating group) is 1. The van der Waals surface area contributed by atoms with E-state index in [9.17, 15) is 14.7 Å². The van der Waals surface area contributed by atoms with Gasteiger partial charge in [0.25, 0.3) is 5.91 Å². The molecule has 0 bridgehead atoms. The predicted molar refractivity (Wildman–Crippen MR) is 77.1 cm³/mol. The number of hydrogen-bond acceptors (Lipinski definition) is 3. The van der Waals surface area contributed by atoms with Gasteiger partial charge in [0.05, 0.1) is 0 Å². The van der Waals surface area contributed by atoms with Crippen molar-refractivity contribution in [2.24, 2.45) is 0 Å². The molecule has 1 aromatic carbocycles. The lowest BCUT2D eigenvalue weighted by Gasteiger charge is -2.32. The van der Waals surface area contributed by atoms with Crippen molar-refractivity contribution in [3.8, 4) is 0 Å². The number of nitrogens with zero attached hydrogens (tertiary/aromatic N) is 1. The fourth-order valence-corrected chi connectivity index (χ4v) is 2.20. The third kappa shape index (κ3) is 2.48. The summed E-state index contributed by atoms with van der Waals surface area (Å²) >= 11 is 0. The van der Waals surface area contributed by atoms with Crippen molar-refractivity contribution in [2.45, 2.75) is 32.2 Å². The van der Waals surface area contributed by atoms with E-state index in [2.05, 4.69) is 5.32 Å². The summed E-state index contributed by atoms with van der Waals surface area (Å²) in [6, 6.07) is 5.50. The van der Waals surface area contributed by atoms with Gasteiger partial charge in [-0.05, 0) is 50.5 Å². The Labute approximate surface area is 118 Å². The number of carboxylic acids is 1. The molecule has 0 fully saturated rings. The SMILES string of the molecule is CN(C(=O)c1ccc2c(c1)CCCN2)C(C)(C)C(=O)O. The number of amides is 1. The molecule has 1 aliphatic heterocycles. The summed E-state index contributed by atoms with van der Waals surface area (Å²) in [4.78, 5) is 24.9. The molecular formula is C15H20N2O3. The molecule has 1 aromatic rings. The molecule has 1 amide bonds. The highest BCUT2D eigenvalue weighted by Crippen LogP contribution is 2.24. The van der Waals surface area contributed by atoms with Crippen LogP contribution in [-0.4, -0.2) is 41.0 Å². The van der Waals surface area contributed by atoms with Gasteiger partial charge in [-0.25, -0.2) is 4.79 Å². The fraction of sp³-hybridized carbons (Fsp3) is 0.467. The van der Waals surface area contributed by atoms with Crippen LogP contribution in [0.2, 0.25) is 0 Å². The highest BCUT2D eigenvalue weighted by atomic mass is 16.4. The van der Waals surface area contributed by atoms with Gasteiger partial charge in [0.2, 0.25) is 0 Å². The molecule has 2 N–H and O–H groups in total. The minimum atomic E-state index is -1.23. The smallest absolute Gasteiger partial charge is 0.329 e. The van der Waals surface area contributed by atoms with Crippen molar-refractivity contribution in [3.63, 3.8) is 0 Å². The summed E-state index contributed by atoms with van der Waals surface area (Å²) in [5, 5.41) is 12.5. The maximum Gasteiger partial charge on any atom is 0.329 e. The van der Waals surface area contributed by atoms with Gasteiger partial charge in [0, 0.05) is 24.8 Å². The average Bonchev–Trinajstić information content (AvgIpc) is 2.44. The van der Waals surface area contributed by atoms with Crippen molar-refractivity contribution < 1.29 is 14.7 Å². The van der Waals surface area contributed by atoms with E-state index in [1.54, 1.807) is 6.07 Å². The molecule has 20 heavy (non-hydrogen) atoms. The maximum atomic E-state index is 12.4. The van der Waals surface area contributed by atoms with Crippen LogP contribution in [0.4, 0.5) is 5.69 Å². The molecule has 0 saturated heterocycles. The first-order valence-electron chi connectivity index (χ1n) is 6.72. The number of fused-ring (bicyclic) bond motifs is 1. The van der Waals surface area contributed by atoms with Crippen LogP contribution in [0.25, 0.3) is 0 Å². The number of rotatable bonds is 3. The molecule has 0 atom stereocenters. The van der Waals surface area contributed by atoms with Gasteiger partial charge in [-0.1, -0.05) is 0 Å². The first-order chi connectivity index (χ1) is 9.34. The van der Waals surface area contributed by atoms with Gasteiger partial charge < -0.3 is 15.3 Å². The Morgan fingerprint density at radius 3 is 2.70 bits per heavy atom. The number of hydrogen-bond donors (Lipinski definition) is 2.